The van der Waals surface area contributed by atoms with Crippen LogP contribution in [0.4, 0.5) is 0 Å². The predicted octanol–water partition coefficient (Wildman–Crippen LogP) is 3.98. The quantitative estimate of drug-likeness (QED) is 0.300. The molecule has 5 atom stereocenters. The van der Waals surface area contributed by atoms with Gasteiger partial charge in [-0.25, -0.2) is 0 Å². The normalized spacial score (nSPS) is 27.6. The molecule has 1 aromatic rings. The molecule has 2 bridgehead atoms. The van der Waals surface area contributed by atoms with Crippen LogP contribution >= 0.6 is 29.3 Å². The summed E-state index contributed by atoms with van der Waals surface area (Å²) in [5.41, 5.74) is 1.49. The Morgan fingerprint density at radius 2 is 1.71 bits per heavy atom. The van der Waals surface area contributed by atoms with Crippen molar-refractivity contribution in [2.24, 2.45) is 11.8 Å². The Balaban J connectivity index is 0.000000611. The van der Waals surface area contributed by atoms with Crippen LogP contribution < -0.4 is 0 Å². The number of hydrogen-bond donors (Lipinski definition) is 0. The summed E-state index contributed by atoms with van der Waals surface area (Å²) in [6, 6.07) is 10.9. The van der Waals surface area contributed by atoms with Crippen LogP contribution in [0.1, 0.15) is 17.9 Å². The molecule has 3 rings (SSSR count). The molecule has 0 amide bonds. The summed E-state index contributed by atoms with van der Waals surface area (Å²) in [6.45, 7) is 0. The number of rotatable bonds is 1. The first-order valence-electron chi connectivity index (χ1n) is 5.14. The Kier molecular flexibility index (Phi) is 9.20. The fourth-order valence-electron chi connectivity index (χ4n) is 2.61. The van der Waals surface area contributed by atoms with Gasteiger partial charge in [0.15, 0.2) is 0 Å². The molecule has 1 aromatic carbocycles. The Morgan fingerprint density at radius 1 is 1.06 bits per heavy atom. The summed E-state index contributed by atoms with van der Waals surface area (Å²) in [4.78, 5) is 0. The predicted molar refractivity (Wildman–Crippen MR) is 82.3 cm³/mol. The zero-order valence-corrected chi connectivity index (χ0v) is 14.8. The number of fused-ring (bicyclic) bond motifs is 2. The van der Waals surface area contributed by atoms with Crippen molar-refractivity contribution in [3.63, 3.8) is 0 Å². The zero-order chi connectivity index (χ0) is 10.7. The van der Waals surface area contributed by atoms with Crippen molar-refractivity contribution in [3.8, 4) is 0 Å². The summed E-state index contributed by atoms with van der Waals surface area (Å²) in [6.07, 6.45) is 8.59. The monoisotopic (exact) mass is 378 g/mol. The molecule has 0 radical (unpaired) electrons. The average Bonchev–Trinajstić information content (AvgIpc) is 2.95. The molecule has 0 aromatic heterocycles. The van der Waals surface area contributed by atoms with Crippen LogP contribution in [0, 0.1) is 18.3 Å². The van der Waals surface area contributed by atoms with Gasteiger partial charge in [0.2, 0.25) is 0 Å². The van der Waals surface area contributed by atoms with Gasteiger partial charge in [0, 0.05) is 0 Å². The number of halogens is 1. The van der Waals surface area contributed by atoms with E-state index >= 15 is 0 Å². The van der Waals surface area contributed by atoms with Crippen LogP contribution in [0.3, 0.4) is 0 Å². The molecular formula is C13H19ClP2Pd. The SMILES string of the molecule is C1=C[C@H]2C[C@@H]1[CH-][C@@H]2c1ccccc1.P.P.[Cl][Pd+]. The van der Waals surface area contributed by atoms with E-state index in [0.29, 0.717) is 5.92 Å². The molecule has 0 aliphatic heterocycles. The first-order valence-corrected chi connectivity index (χ1v) is 7.14. The van der Waals surface area contributed by atoms with E-state index in [1.807, 2.05) is 0 Å². The molecular weight excluding hydrogens is 360 g/mol. The van der Waals surface area contributed by atoms with Gasteiger partial charge in [-0.15, -0.1) is 17.9 Å². The number of benzene rings is 1. The van der Waals surface area contributed by atoms with Gasteiger partial charge in [-0.05, 0) is 5.92 Å². The summed E-state index contributed by atoms with van der Waals surface area (Å²) in [5, 5.41) is 0. The molecule has 0 heterocycles. The maximum absolute atomic E-state index is 4.49. The van der Waals surface area contributed by atoms with Gasteiger partial charge in [0.1, 0.15) is 0 Å². The standard InChI is InChI=1S/C13H13.ClH.2H3P.Pd/c1-2-4-11(5-3-1)13-9-10-6-7-12(13)8-10;;;;/h1-7,9-10,12-13H,8H2;1H;2*1H3;/q-1;;;;+2/p-1/t10-,12+,13-;;;;/m1..../s1. The first kappa shape index (κ1) is 17.8. The van der Waals surface area contributed by atoms with Crippen molar-refractivity contribution in [1.82, 2.24) is 0 Å². The Bertz CT molecular complexity index is 343. The van der Waals surface area contributed by atoms with Crippen molar-refractivity contribution in [3.05, 3.63) is 54.5 Å². The average molecular weight is 379 g/mol. The molecule has 1 saturated carbocycles. The minimum absolute atomic E-state index is 0. The van der Waals surface area contributed by atoms with E-state index in [1.54, 1.807) is 0 Å². The Morgan fingerprint density at radius 3 is 2.18 bits per heavy atom. The van der Waals surface area contributed by atoms with Crippen LogP contribution in [-0.4, -0.2) is 0 Å². The van der Waals surface area contributed by atoms with Gasteiger partial charge in [0.05, 0.1) is 0 Å². The van der Waals surface area contributed by atoms with Crippen LogP contribution in [0.5, 0.6) is 0 Å². The summed E-state index contributed by atoms with van der Waals surface area (Å²) >= 11 is 2.22. The Labute approximate surface area is 126 Å². The van der Waals surface area contributed by atoms with Gasteiger partial charge in [0.25, 0.3) is 0 Å². The van der Waals surface area contributed by atoms with Crippen LogP contribution in [-0.2, 0) is 18.2 Å². The second-order valence-corrected chi connectivity index (χ2v) is 4.08. The van der Waals surface area contributed by atoms with Crippen molar-refractivity contribution < 1.29 is 18.2 Å². The number of allylic oxidation sites excluding steroid dienone is 2. The van der Waals surface area contributed by atoms with Gasteiger partial charge >= 0.3 is 27.7 Å². The van der Waals surface area contributed by atoms with Crippen molar-refractivity contribution in [1.29, 1.82) is 0 Å². The molecule has 0 nitrogen and oxygen atoms in total. The molecule has 98 valence electrons. The fraction of sp³-hybridized carbons (Fsp3) is 0.308. The van der Waals surface area contributed by atoms with E-state index in [2.05, 4.69) is 76.6 Å². The molecule has 1 fully saturated rings. The van der Waals surface area contributed by atoms with E-state index in [0.717, 1.165) is 11.8 Å². The third kappa shape index (κ3) is 4.13. The topological polar surface area (TPSA) is 0 Å². The minimum atomic E-state index is 0. The molecule has 0 spiro atoms. The van der Waals surface area contributed by atoms with Gasteiger partial charge < -0.3 is 6.42 Å². The third-order valence-electron chi connectivity index (χ3n) is 3.25. The van der Waals surface area contributed by atoms with Crippen LogP contribution in [0.25, 0.3) is 0 Å². The molecule has 2 aliphatic rings. The van der Waals surface area contributed by atoms with Gasteiger partial charge in [-0.1, -0.05) is 48.4 Å². The zero-order valence-electron chi connectivity index (χ0n) is 9.67. The third-order valence-corrected chi connectivity index (χ3v) is 3.25. The summed E-state index contributed by atoms with van der Waals surface area (Å²) in [5.74, 6) is 2.24. The first-order chi connectivity index (χ1) is 7.43. The van der Waals surface area contributed by atoms with E-state index in [9.17, 15) is 0 Å². The maximum atomic E-state index is 4.49. The molecule has 0 saturated heterocycles. The number of hydrogen-bond acceptors (Lipinski definition) is 0. The van der Waals surface area contributed by atoms with Crippen LogP contribution in [0.2, 0.25) is 0 Å². The van der Waals surface area contributed by atoms with E-state index in [-0.39, 0.29) is 19.8 Å². The van der Waals surface area contributed by atoms with E-state index in [1.165, 1.54) is 12.0 Å². The van der Waals surface area contributed by atoms with Crippen molar-refractivity contribution in [2.45, 2.75) is 12.3 Å². The Hall–Kier alpha value is 0.772. The van der Waals surface area contributed by atoms with Crippen molar-refractivity contribution >= 4 is 29.3 Å². The molecule has 2 aliphatic carbocycles. The second kappa shape index (κ2) is 8.80. The van der Waals surface area contributed by atoms with Gasteiger partial charge in [-0.3, -0.25) is 0 Å². The molecule has 0 N–H and O–H groups in total. The van der Waals surface area contributed by atoms with Crippen LogP contribution in [0.15, 0.2) is 42.5 Å². The molecule has 4 heteroatoms. The van der Waals surface area contributed by atoms with Gasteiger partial charge in [-0.2, -0.15) is 19.8 Å². The van der Waals surface area contributed by atoms with E-state index < -0.39 is 0 Å². The van der Waals surface area contributed by atoms with Crippen molar-refractivity contribution in [2.75, 3.05) is 0 Å². The summed E-state index contributed by atoms with van der Waals surface area (Å²) in [7, 11) is 4.49. The second-order valence-electron chi connectivity index (χ2n) is 4.08. The molecule has 2 unspecified atom stereocenters. The molecule has 17 heavy (non-hydrogen) atoms. The summed E-state index contributed by atoms with van der Waals surface area (Å²) < 4.78 is 0. The van der Waals surface area contributed by atoms with E-state index in [4.69, 9.17) is 0 Å². The fourth-order valence-corrected chi connectivity index (χ4v) is 2.61.